The van der Waals surface area contributed by atoms with Crippen LogP contribution in [0.25, 0.3) is 0 Å². The normalized spacial score (nSPS) is 27.2. The average Bonchev–Trinajstić information content (AvgIpc) is 2.16. The second-order valence-electron chi connectivity index (χ2n) is 4.21. The van der Waals surface area contributed by atoms with E-state index in [0.29, 0.717) is 6.54 Å². The number of sulfone groups is 1. The van der Waals surface area contributed by atoms with E-state index in [9.17, 15) is 8.42 Å². The van der Waals surface area contributed by atoms with E-state index in [4.69, 9.17) is 5.26 Å². The van der Waals surface area contributed by atoms with Crippen molar-refractivity contribution in [2.24, 2.45) is 5.92 Å². The maximum absolute atomic E-state index is 10.9. The standard InChI is InChI=1S/C10H18N2O2S/c1-15(13,14)7-6-12-10-5-3-2-4-9(10)8-11/h9-10,12H,2-7H2,1H3. The zero-order chi connectivity index (χ0) is 11.3. The van der Waals surface area contributed by atoms with Gasteiger partial charge in [-0.25, -0.2) is 8.42 Å². The van der Waals surface area contributed by atoms with E-state index in [1.165, 1.54) is 6.26 Å². The maximum Gasteiger partial charge on any atom is 0.148 e. The predicted molar refractivity (Wildman–Crippen MR) is 59.1 cm³/mol. The molecule has 0 heterocycles. The van der Waals surface area contributed by atoms with Gasteiger partial charge in [-0.3, -0.25) is 0 Å². The molecule has 0 radical (unpaired) electrons. The number of rotatable bonds is 4. The van der Waals surface area contributed by atoms with Crippen molar-refractivity contribution in [3.05, 3.63) is 0 Å². The molecule has 86 valence electrons. The van der Waals surface area contributed by atoms with Crippen molar-refractivity contribution in [1.82, 2.24) is 5.32 Å². The summed E-state index contributed by atoms with van der Waals surface area (Å²) in [5, 5.41) is 12.1. The summed E-state index contributed by atoms with van der Waals surface area (Å²) < 4.78 is 21.8. The summed E-state index contributed by atoms with van der Waals surface area (Å²) in [6.07, 6.45) is 5.41. The summed E-state index contributed by atoms with van der Waals surface area (Å²) in [6.45, 7) is 0.460. The molecule has 1 saturated carbocycles. The Balaban J connectivity index is 2.34. The van der Waals surface area contributed by atoms with Gasteiger partial charge in [0.2, 0.25) is 0 Å². The summed E-state index contributed by atoms with van der Waals surface area (Å²) in [4.78, 5) is 0. The molecular formula is C10H18N2O2S. The van der Waals surface area contributed by atoms with Gasteiger partial charge in [-0.15, -0.1) is 0 Å². The predicted octanol–water partition coefficient (Wildman–Crippen LogP) is 0.703. The van der Waals surface area contributed by atoms with Gasteiger partial charge in [0.1, 0.15) is 9.84 Å². The lowest BCUT2D eigenvalue weighted by atomic mass is 9.85. The Hall–Kier alpha value is -0.600. The number of nitrogens with zero attached hydrogens (tertiary/aromatic N) is 1. The Kier molecular flexibility index (Phi) is 4.55. The monoisotopic (exact) mass is 230 g/mol. The molecule has 0 aromatic rings. The van der Waals surface area contributed by atoms with Crippen molar-refractivity contribution < 1.29 is 8.42 Å². The van der Waals surface area contributed by atoms with Gasteiger partial charge >= 0.3 is 0 Å². The first-order valence-corrected chi connectivity index (χ1v) is 7.40. The number of nitriles is 1. The van der Waals surface area contributed by atoms with Gasteiger partial charge < -0.3 is 5.32 Å². The highest BCUT2D eigenvalue weighted by atomic mass is 32.2. The lowest BCUT2D eigenvalue weighted by Gasteiger charge is -2.27. The van der Waals surface area contributed by atoms with Crippen LogP contribution in [0.15, 0.2) is 0 Å². The van der Waals surface area contributed by atoms with Gasteiger partial charge in [-0.1, -0.05) is 12.8 Å². The van der Waals surface area contributed by atoms with Crippen molar-refractivity contribution in [2.45, 2.75) is 31.7 Å². The molecule has 0 saturated heterocycles. The van der Waals surface area contributed by atoms with E-state index in [1.54, 1.807) is 0 Å². The number of hydrogen-bond acceptors (Lipinski definition) is 4. The third-order valence-electron chi connectivity index (χ3n) is 2.81. The minimum Gasteiger partial charge on any atom is -0.312 e. The quantitative estimate of drug-likeness (QED) is 0.772. The minimum atomic E-state index is -2.89. The summed E-state index contributed by atoms with van der Waals surface area (Å²) >= 11 is 0. The largest absolute Gasteiger partial charge is 0.312 e. The zero-order valence-corrected chi connectivity index (χ0v) is 9.89. The van der Waals surface area contributed by atoms with Crippen LogP contribution >= 0.6 is 0 Å². The van der Waals surface area contributed by atoms with Gasteiger partial charge in [0, 0.05) is 18.8 Å². The van der Waals surface area contributed by atoms with E-state index in [1.807, 2.05) is 0 Å². The Bertz CT molecular complexity index is 332. The fourth-order valence-electron chi connectivity index (χ4n) is 1.96. The van der Waals surface area contributed by atoms with Crippen LogP contribution in [0.1, 0.15) is 25.7 Å². The molecule has 0 bridgehead atoms. The van der Waals surface area contributed by atoms with Crippen molar-refractivity contribution in [3.8, 4) is 6.07 Å². The van der Waals surface area contributed by atoms with E-state index >= 15 is 0 Å². The molecular weight excluding hydrogens is 212 g/mol. The Morgan fingerprint density at radius 1 is 1.40 bits per heavy atom. The van der Waals surface area contributed by atoms with Gasteiger partial charge in [0.15, 0.2) is 0 Å². The highest BCUT2D eigenvalue weighted by molar-refractivity contribution is 7.90. The zero-order valence-electron chi connectivity index (χ0n) is 9.07. The molecule has 1 fully saturated rings. The number of hydrogen-bond donors (Lipinski definition) is 1. The molecule has 4 nitrogen and oxygen atoms in total. The van der Waals surface area contributed by atoms with E-state index in [0.717, 1.165) is 25.7 Å². The van der Waals surface area contributed by atoms with Gasteiger partial charge in [-0.05, 0) is 12.8 Å². The van der Waals surface area contributed by atoms with Crippen LogP contribution in [0.3, 0.4) is 0 Å². The summed E-state index contributed by atoms with van der Waals surface area (Å²) in [6, 6.07) is 2.48. The van der Waals surface area contributed by atoms with Crippen LogP contribution in [-0.2, 0) is 9.84 Å². The summed E-state index contributed by atoms with van der Waals surface area (Å²) in [5.74, 6) is 0.208. The first kappa shape index (κ1) is 12.5. The molecule has 1 aliphatic rings. The topological polar surface area (TPSA) is 70.0 Å². The molecule has 0 amide bonds. The van der Waals surface area contributed by atoms with E-state index in [2.05, 4.69) is 11.4 Å². The lowest BCUT2D eigenvalue weighted by Crippen LogP contribution is -2.40. The van der Waals surface area contributed by atoms with Gasteiger partial charge in [0.25, 0.3) is 0 Å². The average molecular weight is 230 g/mol. The van der Waals surface area contributed by atoms with Crippen LogP contribution in [-0.4, -0.2) is 33.0 Å². The van der Waals surface area contributed by atoms with Gasteiger partial charge in [0.05, 0.1) is 17.7 Å². The third-order valence-corrected chi connectivity index (χ3v) is 3.76. The van der Waals surface area contributed by atoms with Crippen LogP contribution in [0.4, 0.5) is 0 Å². The molecule has 0 aliphatic heterocycles. The van der Waals surface area contributed by atoms with E-state index in [-0.39, 0.29) is 17.7 Å². The summed E-state index contributed by atoms with van der Waals surface area (Å²) in [5.41, 5.74) is 0. The molecule has 1 N–H and O–H groups in total. The highest BCUT2D eigenvalue weighted by Crippen LogP contribution is 2.23. The molecule has 2 atom stereocenters. The second-order valence-corrected chi connectivity index (χ2v) is 6.47. The summed E-state index contributed by atoms with van der Waals surface area (Å²) in [7, 11) is -2.89. The molecule has 0 spiro atoms. The molecule has 1 aliphatic carbocycles. The lowest BCUT2D eigenvalue weighted by molar-refractivity contribution is 0.318. The van der Waals surface area contributed by atoms with Crippen molar-refractivity contribution in [3.63, 3.8) is 0 Å². The van der Waals surface area contributed by atoms with E-state index < -0.39 is 9.84 Å². The SMILES string of the molecule is CS(=O)(=O)CCNC1CCCCC1C#N. The second kappa shape index (κ2) is 5.47. The smallest absolute Gasteiger partial charge is 0.148 e. The number of nitrogens with one attached hydrogen (secondary N) is 1. The molecule has 0 aromatic carbocycles. The fourth-order valence-corrected chi connectivity index (χ4v) is 2.45. The fraction of sp³-hybridized carbons (Fsp3) is 0.900. The van der Waals surface area contributed by atoms with Crippen LogP contribution in [0, 0.1) is 17.2 Å². The van der Waals surface area contributed by atoms with Crippen molar-refractivity contribution >= 4 is 9.84 Å². The minimum absolute atomic E-state index is 0.0540. The molecule has 2 unspecified atom stereocenters. The van der Waals surface area contributed by atoms with Crippen molar-refractivity contribution in [2.75, 3.05) is 18.6 Å². The maximum atomic E-state index is 10.9. The Labute approximate surface area is 91.6 Å². The van der Waals surface area contributed by atoms with Gasteiger partial charge in [-0.2, -0.15) is 5.26 Å². The molecule has 5 heteroatoms. The van der Waals surface area contributed by atoms with Crippen molar-refractivity contribution in [1.29, 1.82) is 5.26 Å². The highest BCUT2D eigenvalue weighted by Gasteiger charge is 2.24. The molecule has 0 aromatic heterocycles. The third kappa shape index (κ3) is 4.63. The Morgan fingerprint density at radius 3 is 2.67 bits per heavy atom. The molecule has 15 heavy (non-hydrogen) atoms. The first-order valence-electron chi connectivity index (χ1n) is 5.33. The first-order chi connectivity index (χ1) is 7.03. The molecule has 1 rings (SSSR count). The Morgan fingerprint density at radius 2 is 2.07 bits per heavy atom. The van der Waals surface area contributed by atoms with Crippen LogP contribution in [0.2, 0.25) is 0 Å². The van der Waals surface area contributed by atoms with Crippen LogP contribution in [0.5, 0.6) is 0 Å². The van der Waals surface area contributed by atoms with Crippen LogP contribution < -0.4 is 5.32 Å².